The lowest BCUT2D eigenvalue weighted by atomic mass is 10.2. The maximum Gasteiger partial charge on any atom is 0.239 e. The molecule has 2 aromatic rings. The molecule has 2 rings (SSSR count). The van der Waals surface area contributed by atoms with Crippen molar-refractivity contribution in [2.75, 3.05) is 5.73 Å². The zero-order chi connectivity index (χ0) is 10.8. The normalized spacial score (nSPS) is 10.5. The number of rotatable bonds is 2. The summed E-state index contributed by atoms with van der Waals surface area (Å²) in [6, 6.07) is 4.49. The van der Waals surface area contributed by atoms with E-state index in [4.69, 9.17) is 17.3 Å². The molecule has 78 valence electrons. The number of halogens is 2. The van der Waals surface area contributed by atoms with Crippen LogP contribution in [0.5, 0.6) is 0 Å². The Bertz CT molecular complexity index is 483. The fourth-order valence-corrected chi connectivity index (χ4v) is 1.37. The molecule has 15 heavy (non-hydrogen) atoms. The summed E-state index contributed by atoms with van der Waals surface area (Å²) in [6.45, 7) is 0.285. The van der Waals surface area contributed by atoms with E-state index in [1.807, 2.05) is 0 Å². The highest BCUT2D eigenvalue weighted by atomic mass is 35.5. The van der Waals surface area contributed by atoms with E-state index >= 15 is 0 Å². The van der Waals surface area contributed by atoms with Crippen LogP contribution in [-0.2, 0) is 6.54 Å². The molecule has 0 amide bonds. The lowest BCUT2D eigenvalue weighted by Crippen LogP contribution is -2.03. The third-order valence-corrected chi connectivity index (χ3v) is 2.14. The van der Waals surface area contributed by atoms with Gasteiger partial charge >= 0.3 is 0 Å². The number of nitrogens with zero attached hydrogens (tertiary/aromatic N) is 3. The van der Waals surface area contributed by atoms with E-state index in [9.17, 15) is 4.39 Å². The van der Waals surface area contributed by atoms with E-state index in [-0.39, 0.29) is 18.3 Å². The van der Waals surface area contributed by atoms with Crippen LogP contribution < -0.4 is 5.73 Å². The molecule has 0 bridgehead atoms. The molecule has 1 aromatic heterocycles. The van der Waals surface area contributed by atoms with Crippen LogP contribution >= 0.6 is 11.6 Å². The summed E-state index contributed by atoms with van der Waals surface area (Å²) >= 11 is 5.63. The van der Waals surface area contributed by atoms with Crippen molar-refractivity contribution in [3.8, 4) is 0 Å². The van der Waals surface area contributed by atoms with Crippen molar-refractivity contribution in [3.63, 3.8) is 0 Å². The number of benzene rings is 1. The summed E-state index contributed by atoms with van der Waals surface area (Å²) in [5, 5.41) is 4.22. The van der Waals surface area contributed by atoms with E-state index in [0.717, 1.165) is 0 Å². The maximum absolute atomic E-state index is 13.4. The highest BCUT2D eigenvalue weighted by Gasteiger charge is 2.04. The minimum absolute atomic E-state index is 0.171. The van der Waals surface area contributed by atoms with E-state index < -0.39 is 0 Å². The van der Waals surface area contributed by atoms with Crippen LogP contribution in [0.25, 0.3) is 0 Å². The number of hydrogen-bond acceptors (Lipinski definition) is 3. The van der Waals surface area contributed by atoms with Crippen LogP contribution in [-0.4, -0.2) is 14.8 Å². The first-order valence-electron chi connectivity index (χ1n) is 4.24. The molecule has 0 radical (unpaired) electrons. The second-order valence-corrected chi connectivity index (χ2v) is 3.47. The van der Waals surface area contributed by atoms with E-state index in [2.05, 4.69) is 10.1 Å². The predicted molar refractivity (Wildman–Crippen MR) is 54.9 cm³/mol. The van der Waals surface area contributed by atoms with Gasteiger partial charge in [0.1, 0.15) is 12.1 Å². The molecule has 1 heterocycles. The van der Waals surface area contributed by atoms with E-state index in [0.29, 0.717) is 10.6 Å². The minimum Gasteiger partial charge on any atom is -0.367 e. The zero-order valence-electron chi connectivity index (χ0n) is 7.69. The van der Waals surface area contributed by atoms with Gasteiger partial charge < -0.3 is 5.73 Å². The Hall–Kier alpha value is -1.62. The van der Waals surface area contributed by atoms with Gasteiger partial charge in [0.15, 0.2) is 0 Å². The van der Waals surface area contributed by atoms with E-state index in [1.54, 1.807) is 12.1 Å². The summed E-state index contributed by atoms with van der Waals surface area (Å²) in [4.78, 5) is 3.74. The highest BCUT2D eigenvalue weighted by Crippen LogP contribution is 2.15. The van der Waals surface area contributed by atoms with Crippen LogP contribution in [0.2, 0.25) is 5.02 Å². The zero-order valence-corrected chi connectivity index (χ0v) is 8.45. The average Bonchev–Trinajstić information content (AvgIpc) is 2.56. The molecule has 0 aliphatic carbocycles. The van der Waals surface area contributed by atoms with Gasteiger partial charge in [0, 0.05) is 10.6 Å². The molecule has 6 heteroatoms. The standard InChI is InChI=1S/C9H8ClFN4/c10-7-2-1-6(8(11)3-7)4-15-5-13-9(12)14-15/h1-3,5H,4H2,(H2,12,14). The second kappa shape index (κ2) is 3.86. The Kier molecular flexibility index (Phi) is 2.55. The fraction of sp³-hybridized carbons (Fsp3) is 0.111. The lowest BCUT2D eigenvalue weighted by Gasteiger charge is -2.02. The quantitative estimate of drug-likeness (QED) is 0.848. The van der Waals surface area contributed by atoms with Crippen molar-refractivity contribution in [1.82, 2.24) is 14.8 Å². The van der Waals surface area contributed by atoms with Crippen LogP contribution in [0.15, 0.2) is 24.5 Å². The molecule has 0 fully saturated rings. The number of hydrogen-bond donors (Lipinski definition) is 1. The van der Waals surface area contributed by atoms with Crippen molar-refractivity contribution >= 4 is 17.5 Å². The van der Waals surface area contributed by atoms with E-state index in [1.165, 1.54) is 17.1 Å². The smallest absolute Gasteiger partial charge is 0.239 e. The first kappa shape index (κ1) is 9.92. The van der Waals surface area contributed by atoms with Crippen LogP contribution in [0.3, 0.4) is 0 Å². The predicted octanol–water partition coefficient (Wildman–Crippen LogP) is 1.70. The molecule has 2 N–H and O–H groups in total. The minimum atomic E-state index is -0.364. The maximum atomic E-state index is 13.4. The van der Waals surface area contributed by atoms with Crippen LogP contribution in [0.4, 0.5) is 10.3 Å². The van der Waals surface area contributed by atoms with Crippen molar-refractivity contribution in [3.05, 3.63) is 40.9 Å². The fourth-order valence-electron chi connectivity index (χ4n) is 1.21. The molecule has 0 saturated carbocycles. The van der Waals surface area contributed by atoms with Gasteiger partial charge in [0.2, 0.25) is 5.95 Å². The highest BCUT2D eigenvalue weighted by molar-refractivity contribution is 6.30. The molecular weight excluding hydrogens is 219 g/mol. The van der Waals surface area contributed by atoms with Crippen molar-refractivity contribution in [2.24, 2.45) is 0 Å². The van der Waals surface area contributed by atoms with Gasteiger partial charge in [0.25, 0.3) is 0 Å². The Morgan fingerprint density at radius 3 is 2.87 bits per heavy atom. The Morgan fingerprint density at radius 2 is 2.27 bits per heavy atom. The molecule has 4 nitrogen and oxygen atoms in total. The Morgan fingerprint density at radius 1 is 1.47 bits per heavy atom. The first-order valence-corrected chi connectivity index (χ1v) is 4.62. The first-order chi connectivity index (χ1) is 7.15. The van der Waals surface area contributed by atoms with Gasteiger partial charge in [-0.2, -0.15) is 0 Å². The van der Waals surface area contributed by atoms with Gasteiger partial charge in [-0.15, -0.1) is 5.10 Å². The molecule has 0 atom stereocenters. The van der Waals surface area contributed by atoms with Gasteiger partial charge in [0.05, 0.1) is 6.54 Å². The summed E-state index contributed by atoms with van der Waals surface area (Å²) in [5.74, 6) is -0.194. The third-order valence-electron chi connectivity index (χ3n) is 1.90. The monoisotopic (exact) mass is 226 g/mol. The SMILES string of the molecule is Nc1ncn(Cc2ccc(Cl)cc2F)n1. The number of nitrogens with two attached hydrogens (primary N) is 1. The van der Waals surface area contributed by atoms with Gasteiger partial charge in [-0.1, -0.05) is 17.7 Å². The summed E-state index contributed by atoms with van der Waals surface area (Å²) in [5.41, 5.74) is 5.83. The van der Waals surface area contributed by atoms with Crippen molar-refractivity contribution in [2.45, 2.75) is 6.54 Å². The molecule has 0 saturated heterocycles. The molecule has 0 aliphatic heterocycles. The number of anilines is 1. The molecule has 0 aliphatic rings. The average molecular weight is 227 g/mol. The van der Waals surface area contributed by atoms with Crippen molar-refractivity contribution < 1.29 is 4.39 Å². The lowest BCUT2D eigenvalue weighted by molar-refractivity contribution is 0.585. The van der Waals surface area contributed by atoms with Gasteiger partial charge in [-0.05, 0) is 12.1 Å². The van der Waals surface area contributed by atoms with Crippen LogP contribution in [0, 0.1) is 5.82 Å². The summed E-state index contributed by atoms with van der Waals surface area (Å²) in [7, 11) is 0. The Labute approximate surface area is 90.5 Å². The number of aromatic nitrogens is 3. The van der Waals surface area contributed by atoms with Crippen molar-refractivity contribution in [1.29, 1.82) is 0 Å². The molecular formula is C9H8ClFN4. The summed E-state index contributed by atoms with van der Waals surface area (Å²) < 4.78 is 14.8. The third kappa shape index (κ3) is 2.24. The topological polar surface area (TPSA) is 56.7 Å². The molecule has 0 unspecified atom stereocenters. The second-order valence-electron chi connectivity index (χ2n) is 3.04. The number of nitrogen functional groups attached to an aromatic ring is 1. The molecule has 1 aromatic carbocycles. The Balaban J connectivity index is 2.24. The van der Waals surface area contributed by atoms with Gasteiger partial charge in [-0.25, -0.2) is 14.1 Å². The van der Waals surface area contributed by atoms with Crippen LogP contribution in [0.1, 0.15) is 5.56 Å². The van der Waals surface area contributed by atoms with Gasteiger partial charge in [-0.3, -0.25) is 0 Å². The summed E-state index contributed by atoms with van der Waals surface area (Å²) in [6.07, 6.45) is 1.45. The largest absolute Gasteiger partial charge is 0.367 e. The molecule has 0 spiro atoms.